The summed E-state index contributed by atoms with van der Waals surface area (Å²) in [6.07, 6.45) is 1.78. The maximum atomic E-state index is 12.4. The second-order valence-corrected chi connectivity index (χ2v) is 7.13. The summed E-state index contributed by atoms with van der Waals surface area (Å²) in [5, 5.41) is 3.03. The summed E-state index contributed by atoms with van der Waals surface area (Å²) in [7, 11) is 1.63. The lowest BCUT2D eigenvalue weighted by Crippen LogP contribution is -2.48. The number of hydrogen-bond donors (Lipinski definition) is 1. The van der Waals surface area contributed by atoms with Gasteiger partial charge in [0.05, 0.1) is 13.7 Å². The Bertz CT molecular complexity index is 786. The van der Waals surface area contributed by atoms with Crippen LogP contribution in [0.3, 0.4) is 0 Å². The third-order valence-corrected chi connectivity index (χ3v) is 4.90. The van der Waals surface area contributed by atoms with Crippen molar-refractivity contribution in [3.8, 4) is 5.88 Å². The van der Waals surface area contributed by atoms with Crippen molar-refractivity contribution in [3.05, 3.63) is 53.2 Å². The molecule has 0 bridgehead atoms. The minimum Gasteiger partial charge on any atom is -0.481 e. The molecular weight excluding hydrogens is 340 g/mol. The number of aromatic nitrogens is 1. The van der Waals surface area contributed by atoms with Crippen LogP contribution >= 0.6 is 0 Å². The van der Waals surface area contributed by atoms with Crippen LogP contribution in [-0.4, -0.2) is 60.5 Å². The molecule has 0 atom stereocenters. The Morgan fingerprint density at radius 3 is 2.56 bits per heavy atom. The first-order valence-corrected chi connectivity index (χ1v) is 9.34. The van der Waals surface area contributed by atoms with Gasteiger partial charge in [-0.3, -0.25) is 14.6 Å². The fraction of sp³-hybridized carbons (Fsp3) is 0.429. The molecule has 3 rings (SSSR count). The number of rotatable bonds is 6. The first-order valence-electron chi connectivity index (χ1n) is 9.34. The van der Waals surface area contributed by atoms with E-state index in [2.05, 4.69) is 33.1 Å². The van der Waals surface area contributed by atoms with Gasteiger partial charge in [-0.15, -0.1) is 0 Å². The van der Waals surface area contributed by atoms with Gasteiger partial charge in [0.2, 0.25) is 11.8 Å². The third-order valence-electron chi connectivity index (χ3n) is 4.90. The van der Waals surface area contributed by atoms with E-state index >= 15 is 0 Å². The minimum absolute atomic E-state index is 0.0503. The minimum atomic E-state index is 0.0503. The van der Waals surface area contributed by atoms with Gasteiger partial charge in [0.25, 0.3) is 0 Å². The van der Waals surface area contributed by atoms with Gasteiger partial charge in [0, 0.05) is 50.7 Å². The molecular formula is C21H28N4O2. The highest BCUT2D eigenvalue weighted by molar-refractivity contribution is 5.93. The van der Waals surface area contributed by atoms with Crippen LogP contribution in [0, 0.1) is 13.8 Å². The number of ether oxygens (including phenoxy) is 1. The van der Waals surface area contributed by atoms with Gasteiger partial charge in [-0.05, 0) is 37.1 Å². The van der Waals surface area contributed by atoms with Gasteiger partial charge in [-0.1, -0.05) is 17.7 Å². The maximum absolute atomic E-state index is 12.4. The third kappa shape index (κ3) is 5.52. The second-order valence-electron chi connectivity index (χ2n) is 7.13. The molecule has 1 aromatic carbocycles. The summed E-state index contributed by atoms with van der Waals surface area (Å²) in [6.45, 7) is 9.06. The summed E-state index contributed by atoms with van der Waals surface area (Å²) < 4.78 is 5.19. The molecule has 6 heteroatoms. The van der Waals surface area contributed by atoms with Crippen LogP contribution in [0.25, 0.3) is 0 Å². The van der Waals surface area contributed by atoms with Crippen molar-refractivity contribution in [1.29, 1.82) is 0 Å². The van der Waals surface area contributed by atoms with Crippen LogP contribution in [0.15, 0.2) is 36.5 Å². The average Bonchev–Trinajstić information content (AvgIpc) is 2.66. The highest BCUT2D eigenvalue weighted by Gasteiger charge is 2.19. The van der Waals surface area contributed by atoms with Gasteiger partial charge in [-0.25, -0.2) is 4.98 Å². The fourth-order valence-corrected chi connectivity index (χ4v) is 3.37. The molecule has 0 radical (unpaired) electrons. The van der Waals surface area contributed by atoms with Crippen molar-refractivity contribution < 1.29 is 9.53 Å². The van der Waals surface area contributed by atoms with Crippen molar-refractivity contribution in [1.82, 2.24) is 14.8 Å². The largest absolute Gasteiger partial charge is 0.481 e. The van der Waals surface area contributed by atoms with Crippen molar-refractivity contribution in [2.45, 2.75) is 20.4 Å². The number of anilines is 1. The Balaban J connectivity index is 1.45. The van der Waals surface area contributed by atoms with E-state index in [1.807, 2.05) is 31.2 Å². The molecule has 1 amide bonds. The van der Waals surface area contributed by atoms with E-state index in [1.54, 1.807) is 13.3 Å². The molecule has 2 aromatic rings. The molecule has 1 aliphatic rings. The van der Waals surface area contributed by atoms with Gasteiger partial charge in [0.15, 0.2) is 0 Å². The zero-order valence-electron chi connectivity index (χ0n) is 16.4. The van der Waals surface area contributed by atoms with Crippen LogP contribution in [-0.2, 0) is 11.3 Å². The van der Waals surface area contributed by atoms with Crippen LogP contribution < -0.4 is 10.1 Å². The van der Waals surface area contributed by atoms with E-state index in [-0.39, 0.29) is 5.91 Å². The molecule has 0 aliphatic carbocycles. The second kappa shape index (κ2) is 8.97. The van der Waals surface area contributed by atoms with Crippen LogP contribution in [0.1, 0.15) is 16.7 Å². The molecule has 0 saturated carbocycles. The number of nitrogens with zero attached hydrogens (tertiary/aromatic N) is 3. The van der Waals surface area contributed by atoms with Crippen LogP contribution in [0.4, 0.5) is 5.69 Å². The maximum Gasteiger partial charge on any atom is 0.238 e. The van der Waals surface area contributed by atoms with E-state index in [0.29, 0.717) is 12.4 Å². The van der Waals surface area contributed by atoms with Crippen molar-refractivity contribution in [2.24, 2.45) is 0 Å². The standard InChI is InChI=1S/C21H28N4O2/c1-16-4-5-19(17(2)12-16)23-20(26)15-25-10-8-24(9-11-25)14-18-6-7-22-21(13-18)27-3/h4-7,12-13H,8-11,14-15H2,1-3H3,(H,23,26). The Morgan fingerprint density at radius 2 is 1.85 bits per heavy atom. The van der Waals surface area contributed by atoms with Crippen molar-refractivity contribution in [3.63, 3.8) is 0 Å². The lowest BCUT2D eigenvalue weighted by Gasteiger charge is -2.34. The zero-order chi connectivity index (χ0) is 19.2. The number of benzene rings is 1. The molecule has 1 saturated heterocycles. The summed E-state index contributed by atoms with van der Waals surface area (Å²) in [4.78, 5) is 21.1. The Hall–Kier alpha value is -2.44. The lowest BCUT2D eigenvalue weighted by atomic mass is 10.1. The van der Waals surface area contributed by atoms with E-state index in [1.165, 1.54) is 11.1 Å². The summed E-state index contributed by atoms with van der Waals surface area (Å²) in [5.41, 5.74) is 4.40. The Kier molecular flexibility index (Phi) is 6.42. The predicted molar refractivity (Wildman–Crippen MR) is 107 cm³/mol. The highest BCUT2D eigenvalue weighted by atomic mass is 16.5. The normalized spacial score (nSPS) is 15.5. The number of hydrogen-bond acceptors (Lipinski definition) is 5. The topological polar surface area (TPSA) is 57.7 Å². The monoisotopic (exact) mass is 368 g/mol. The number of aryl methyl sites for hydroxylation is 2. The molecule has 0 unspecified atom stereocenters. The van der Waals surface area contributed by atoms with Crippen LogP contribution in [0.2, 0.25) is 0 Å². The molecule has 2 heterocycles. The number of pyridine rings is 1. The Morgan fingerprint density at radius 1 is 1.11 bits per heavy atom. The first kappa shape index (κ1) is 19.3. The van der Waals surface area contributed by atoms with Gasteiger partial charge in [-0.2, -0.15) is 0 Å². The average molecular weight is 368 g/mol. The van der Waals surface area contributed by atoms with Gasteiger partial charge in [0.1, 0.15) is 0 Å². The van der Waals surface area contributed by atoms with E-state index in [4.69, 9.17) is 4.74 Å². The number of carbonyl (C=O) groups is 1. The predicted octanol–water partition coefficient (Wildman–Crippen LogP) is 2.46. The quantitative estimate of drug-likeness (QED) is 0.849. The molecule has 6 nitrogen and oxygen atoms in total. The van der Waals surface area contributed by atoms with E-state index in [9.17, 15) is 4.79 Å². The summed E-state index contributed by atoms with van der Waals surface area (Å²) in [6, 6.07) is 10.1. The summed E-state index contributed by atoms with van der Waals surface area (Å²) in [5.74, 6) is 0.698. The number of nitrogens with one attached hydrogen (secondary N) is 1. The van der Waals surface area contributed by atoms with E-state index < -0.39 is 0 Å². The molecule has 1 aliphatic heterocycles. The Labute approximate surface area is 161 Å². The number of piperazine rings is 1. The smallest absolute Gasteiger partial charge is 0.238 e. The van der Waals surface area contributed by atoms with Crippen molar-refractivity contribution in [2.75, 3.05) is 45.2 Å². The number of amides is 1. The highest BCUT2D eigenvalue weighted by Crippen LogP contribution is 2.16. The molecule has 1 fully saturated rings. The molecule has 1 N–H and O–H groups in total. The number of carbonyl (C=O) groups excluding carboxylic acids is 1. The van der Waals surface area contributed by atoms with Crippen molar-refractivity contribution >= 4 is 11.6 Å². The first-order chi connectivity index (χ1) is 13.0. The van der Waals surface area contributed by atoms with E-state index in [0.717, 1.165) is 44.0 Å². The SMILES string of the molecule is COc1cc(CN2CCN(CC(=O)Nc3ccc(C)cc3C)CC2)ccn1. The molecule has 144 valence electrons. The zero-order valence-corrected chi connectivity index (χ0v) is 16.4. The molecule has 27 heavy (non-hydrogen) atoms. The van der Waals surface area contributed by atoms with Crippen LogP contribution in [0.5, 0.6) is 5.88 Å². The van der Waals surface area contributed by atoms with Gasteiger partial charge < -0.3 is 10.1 Å². The lowest BCUT2D eigenvalue weighted by molar-refractivity contribution is -0.117. The fourth-order valence-electron chi connectivity index (χ4n) is 3.37. The summed E-state index contributed by atoms with van der Waals surface area (Å²) >= 11 is 0. The molecule has 1 aromatic heterocycles. The number of methoxy groups -OCH3 is 1. The molecule has 0 spiro atoms. The van der Waals surface area contributed by atoms with Gasteiger partial charge >= 0.3 is 0 Å².